The summed E-state index contributed by atoms with van der Waals surface area (Å²) in [6, 6.07) is 0. The minimum Gasteiger partial charge on any atom is -0.364 e. The molecule has 6 radical (unpaired) electrons. The molecule has 0 aromatic carbocycles. The van der Waals surface area contributed by atoms with E-state index >= 15 is 0 Å². The number of nitrogens with zero attached hydrogens (tertiary/aromatic N) is 2. The van der Waals surface area contributed by atoms with Crippen molar-refractivity contribution in [2.75, 3.05) is 0 Å². The van der Waals surface area contributed by atoms with E-state index in [1.807, 2.05) is 13.8 Å². The summed E-state index contributed by atoms with van der Waals surface area (Å²) in [6.45, 7) is 3.74. The number of rotatable bonds is 3. The fourth-order valence-electron chi connectivity index (χ4n) is 0.438. The summed E-state index contributed by atoms with van der Waals surface area (Å²) in [5.41, 5.74) is 1.82. The van der Waals surface area contributed by atoms with Crippen LogP contribution in [0.25, 0.3) is 0 Å². The Balaban J connectivity index is 0. The van der Waals surface area contributed by atoms with E-state index in [1.54, 1.807) is 0 Å². The zero-order valence-electron chi connectivity index (χ0n) is 6.70. The zero-order valence-corrected chi connectivity index (χ0v) is 10.5. The predicted octanol–water partition coefficient (Wildman–Crippen LogP) is 0.285. The van der Waals surface area contributed by atoms with Crippen molar-refractivity contribution in [1.82, 2.24) is 0 Å². The van der Waals surface area contributed by atoms with Gasteiger partial charge in [-0.15, -0.1) is 0 Å². The van der Waals surface area contributed by atoms with Gasteiger partial charge in [-0.2, -0.15) is 0 Å². The van der Waals surface area contributed by atoms with Gasteiger partial charge in [0.2, 0.25) is 7.31 Å². The average molecular weight is 235 g/mol. The molecular weight excluding hydrogens is 228 g/mol. The van der Waals surface area contributed by atoms with Gasteiger partial charge in [-0.1, -0.05) is 0 Å². The van der Waals surface area contributed by atoms with Crippen LogP contribution in [0.5, 0.6) is 0 Å². The van der Waals surface area contributed by atoms with E-state index in [0.717, 1.165) is 10.9 Å². The normalized spacial score (nSPS) is 13.3. The standard InChI is InChI=1S/C4H7B3N2P.Y/c1-3(8-6)10-4(2)9-7-5;/h10H,1-2H3;. The molecule has 1 atom stereocenters. The summed E-state index contributed by atoms with van der Waals surface area (Å²) >= 11 is 0. The molecule has 2 nitrogen and oxygen atoms in total. The smallest absolute Gasteiger partial charge is 0.259 e. The molecule has 0 heterocycles. The van der Waals surface area contributed by atoms with Crippen molar-refractivity contribution in [1.29, 1.82) is 0 Å². The van der Waals surface area contributed by atoms with Crippen molar-refractivity contribution in [2.24, 2.45) is 9.81 Å². The second-order valence-corrected chi connectivity index (χ2v) is 3.40. The third-order valence-corrected chi connectivity index (χ3v) is 1.81. The van der Waals surface area contributed by atoms with Crippen molar-refractivity contribution in [2.45, 2.75) is 13.8 Å². The Hall–Kier alpha value is 1.07. The summed E-state index contributed by atoms with van der Waals surface area (Å²) in [4.78, 5) is 7.36. The first kappa shape index (κ1) is 14.6. The summed E-state index contributed by atoms with van der Waals surface area (Å²) in [6.07, 6.45) is 0. The summed E-state index contributed by atoms with van der Waals surface area (Å²) in [5.74, 6) is 0. The van der Waals surface area contributed by atoms with E-state index in [-0.39, 0.29) is 32.7 Å². The van der Waals surface area contributed by atoms with Crippen molar-refractivity contribution >= 4 is 42.5 Å². The first-order chi connectivity index (χ1) is 4.70. The van der Waals surface area contributed by atoms with Crippen LogP contribution in [0.2, 0.25) is 0 Å². The molecule has 0 saturated heterocycles. The molecule has 0 aliphatic carbocycles. The maximum Gasteiger partial charge on any atom is 0.259 e. The number of hydrogen-bond acceptors (Lipinski definition) is 2. The second-order valence-electron chi connectivity index (χ2n) is 1.70. The average Bonchev–Trinajstić information content (AvgIpc) is 1.88. The van der Waals surface area contributed by atoms with Crippen LogP contribution in [-0.2, 0) is 32.7 Å². The molecule has 1 unspecified atom stereocenters. The van der Waals surface area contributed by atoms with Crippen LogP contribution in [0, 0.1) is 0 Å². The maximum absolute atomic E-state index is 5.07. The van der Waals surface area contributed by atoms with E-state index in [0.29, 0.717) is 8.58 Å². The summed E-state index contributed by atoms with van der Waals surface area (Å²) in [7, 11) is 11.8. The van der Waals surface area contributed by atoms with Gasteiger partial charge in [0.05, 0.1) is 0 Å². The molecule has 0 spiro atoms. The molecule has 0 aromatic rings. The van der Waals surface area contributed by atoms with E-state index < -0.39 is 0 Å². The fraction of sp³-hybridized carbons (Fsp3) is 0.500. The Morgan fingerprint density at radius 3 is 2.27 bits per heavy atom. The molecule has 0 rings (SSSR count). The second kappa shape index (κ2) is 9.16. The Morgan fingerprint density at radius 1 is 1.36 bits per heavy atom. The summed E-state index contributed by atoms with van der Waals surface area (Å²) in [5, 5.41) is 0. The molecule has 0 aliphatic rings. The number of hydrogen-bond donors (Lipinski definition) is 0. The van der Waals surface area contributed by atoms with Crippen LogP contribution in [0.4, 0.5) is 0 Å². The van der Waals surface area contributed by atoms with Gasteiger partial charge in [-0.25, -0.2) is 0 Å². The minimum atomic E-state index is 0. The molecule has 0 fully saturated rings. The van der Waals surface area contributed by atoms with E-state index in [9.17, 15) is 0 Å². The first-order valence-electron chi connectivity index (χ1n) is 2.80. The van der Waals surface area contributed by atoms with E-state index in [4.69, 9.17) is 15.7 Å². The van der Waals surface area contributed by atoms with Crippen LogP contribution in [-0.4, -0.2) is 33.9 Å². The molecule has 50 valence electrons. The minimum absolute atomic E-state index is 0. The Morgan fingerprint density at radius 2 is 1.91 bits per heavy atom. The van der Waals surface area contributed by atoms with Crippen LogP contribution in [0.3, 0.4) is 0 Å². The van der Waals surface area contributed by atoms with Gasteiger partial charge in [-0.05, 0) is 22.4 Å². The molecule has 11 heavy (non-hydrogen) atoms. The SMILES string of the molecule is [B][B]N=C(C)PC(C)=N[B].[Y]. The molecule has 0 amide bonds. The van der Waals surface area contributed by atoms with Crippen molar-refractivity contribution in [3.63, 3.8) is 0 Å². The van der Waals surface area contributed by atoms with Crippen LogP contribution >= 0.6 is 8.58 Å². The molecule has 0 N–H and O–H groups in total. The van der Waals surface area contributed by atoms with Crippen LogP contribution in [0.15, 0.2) is 9.81 Å². The first-order valence-corrected chi connectivity index (χ1v) is 3.80. The Kier molecular flexibility index (Phi) is 12.1. The van der Waals surface area contributed by atoms with Gasteiger partial charge in [0.25, 0.3) is 7.98 Å². The molecule has 0 aliphatic heterocycles. The van der Waals surface area contributed by atoms with Gasteiger partial charge in [-0.3, -0.25) is 0 Å². The predicted molar refractivity (Wildman–Crippen MR) is 51.8 cm³/mol. The van der Waals surface area contributed by atoms with Crippen molar-refractivity contribution in [3.8, 4) is 0 Å². The van der Waals surface area contributed by atoms with Gasteiger partial charge < -0.3 is 9.81 Å². The maximum atomic E-state index is 5.07. The molecular formula is C4H7B3N2PY. The molecule has 0 saturated carbocycles. The molecule has 0 bridgehead atoms. The van der Waals surface area contributed by atoms with Gasteiger partial charge in [0, 0.05) is 51.4 Å². The van der Waals surface area contributed by atoms with E-state index in [2.05, 4.69) is 9.81 Å². The quantitative estimate of drug-likeness (QED) is 0.381. The Labute approximate surface area is 98.2 Å². The van der Waals surface area contributed by atoms with Gasteiger partial charge in [0.15, 0.2) is 0 Å². The fourth-order valence-corrected chi connectivity index (χ4v) is 1.17. The molecule has 7 heteroatoms. The Bertz CT molecular complexity index is 161. The third kappa shape index (κ3) is 8.98. The zero-order chi connectivity index (χ0) is 7.98. The van der Waals surface area contributed by atoms with Gasteiger partial charge >= 0.3 is 0 Å². The van der Waals surface area contributed by atoms with Crippen molar-refractivity contribution in [3.05, 3.63) is 0 Å². The summed E-state index contributed by atoms with van der Waals surface area (Å²) < 4.78 is 0. The third-order valence-electron chi connectivity index (χ3n) is 0.824. The van der Waals surface area contributed by atoms with E-state index in [1.165, 1.54) is 7.31 Å². The van der Waals surface area contributed by atoms with Crippen molar-refractivity contribution < 1.29 is 32.7 Å². The van der Waals surface area contributed by atoms with Crippen LogP contribution < -0.4 is 0 Å². The van der Waals surface area contributed by atoms with Gasteiger partial charge in [0.1, 0.15) is 0 Å². The topological polar surface area (TPSA) is 24.7 Å². The molecule has 0 aromatic heterocycles. The van der Waals surface area contributed by atoms with Crippen LogP contribution in [0.1, 0.15) is 13.8 Å². The monoisotopic (exact) mass is 236 g/mol. The largest absolute Gasteiger partial charge is 0.364 e.